The fourth-order valence-corrected chi connectivity index (χ4v) is 2.23. The van der Waals surface area contributed by atoms with Gasteiger partial charge in [-0.25, -0.2) is 9.78 Å². The maximum absolute atomic E-state index is 10.4. The SMILES string of the molecule is Cc1ccc(C)n1-c1cccc(CCCNC(=O)O)n1. The van der Waals surface area contributed by atoms with Gasteiger partial charge >= 0.3 is 6.09 Å². The number of carboxylic acid groups (broad SMARTS) is 1. The van der Waals surface area contributed by atoms with Crippen LogP contribution in [0.25, 0.3) is 5.82 Å². The molecule has 2 rings (SSSR count). The summed E-state index contributed by atoms with van der Waals surface area (Å²) in [5.41, 5.74) is 3.28. The molecule has 106 valence electrons. The van der Waals surface area contributed by atoms with Crippen molar-refractivity contribution in [2.75, 3.05) is 6.54 Å². The van der Waals surface area contributed by atoms with Gasteiger partial charge in [-0.1, -0.05) is 6.07 Å². The summed E-state index contributed by atoms with van der Waals surface area (Å²) in [6, 6.07) is 10.1. The number of nitrogens with zero attached hydrogens (tertiary/aromatic N) is 2. The summed E-state index contributed by atoms with van der Waals surface area (Å²) in [6.45, 7) is 4.55. The minimum Gasteiger partial charge on any atom is -0.465 e. The Hall–Kier alpha value is -2.30. The van der Waals surface area contributed by atoms with E-state index in [-0.39, 0.29) is 0 Å². The van der Waals surface area contributed by atoms with E-state index in [1.54, 1.807) is 0 Å². The van der Waals surface area contributed by atoms with Crippen molar-refractivity contribution in [3.63, 3.8) is 0 Å². The van der Waals surface area contributed by atoms with Crippen LogP contribution in [0.5, 0.6) is 0 Å². The molecule has 0 aliphatic carbocycles. The third-order valence-electron chi connectivity index (χ3n) is 3.18. The molecule has 5 nitrogen and oxygen atoms in total. The number of nitrogens with one attached hydrogen (secondary N) is 1. The van der Waals surface area contributed by atoms with Gasteiger partial charge in [0.1, 0.15) is 5.82 Å². The fourth-order valence-electron chi connectivity index (χ4n) is 2.23. The Morgan fingerprint density at radius 3 is 2.60 bits per heavy atom. The predicted molar refractivity (Wildman–Crippen MR) is 77.4 cm³/mol. The third kappa shape index (κ3) is 3.38. The fraction of sp³-hybridized carbons (Fsp3) is 0.333. The van der Waals surface area contributed by atoms with Crippen molar-refractivity contribution in [2.24, 2.45) is 0 Å². The van der Waals surface area contributed by atoms with E-state index in [0.29, 0.717) is 6.54 Å². The van der Waals surface area contributed by atoms with Gasteiger partial charge in [0.2, 0.25) is 0 Å². The van der Waals surface area contributed by atoms with Crippen molar-refractivity contribution in [1.29, 1.82) is 0 Å². The van der Waals surface area contributed by atoms with E-state index in [4.69, 9.17) is 5.11 Å². The van der Waals surface area contributed by atoms with Crippen molar-refractivity contribution in [1.82, 2.24) is 14.9 Å². The minimum absolute atomic E-state index is 0.447. The van der Waals surface area contributed by atoms with Crippen molar-refractivity contribution in [3.05, 3.63) is 47.4 Å². The average molecular weight is 273 g/mol. The van der Waals surface area contributed by atoms with Crippen LogP contribution in [0.15, 0.2) is 30.3 Å². The Kier molecular flexibility index (Phi) is 4.40. The van der Waals surface area contributed by atoms with Gasteiger partial charge in [0.25, 0.3) is 0 Å². The van der Waals surface area contributed by atoms with Crippen LogP contribution in [-0.4, -0.2) is 27.3 Å². The molecule has 5 heteroatoms. The molecule has 2 aromatic rings. The summed E-state index contributed by atoms with van der Waals surface area (Å²) < 4.78 is 2.11. The summed E-state index contributed by atoms with van der Waals surface area (Å²) in [5, 5.41) is 10.9. The number of amides is 1. The molecule has 2 heterocycles. The second-order valence-corrected chi connectivity index (χ2v) is 4.77. The first-order valence-electron chi connectivity index (χ1n) is 6.66. The number of rotatable bonds is 5. The van der Waals surface area contributed by atoms with Crippen LogP contribution < -0.4 is 5.32 Å². The zero-order valence-electron chi connectivity index (χ0n) is 11.8. The Balaban J connectivity index is 2.07. The topological polar surface area (TPSA) is 67.2 Å². The molecule has 2 N–H and O–H groups in total. The molecule has 0 fully saturated rings. The van der Waals surface area contributed by atoms with Crippen molar-refractivity contribution < 1.29 is 9.90 Å². The van der Waals surface area contributed by atoms with Gasteiger partial charge in [0.05, 0.1) is 0 Å². The Morgan fingerprint density at radius 2 is 1.95 bits per heavy atom. The molecule has 0 bridgehead atoms. The zero-order chi connectivity index (χ0) is 14.5. The van der Waals surface area contributed by atoms with Crippen LogP contribution in [-0.2, 0) is 6.42 Å². The summed E-state index contributed by atoms with van der Waals surface area (Å²) >= 11 is 0. The molecule has 0 saturated heterocycles. The van der Waals surface area contributed by atoms with Gasteiger partial charge in [-0.3, -0.25) is 0 Å². The predicted octanol–water partition coefficient (Wildman–Crippen LogP) is 2.69. The van der Waals surface area contributed by atoms with E-state index in [1.165, 1.54) is 0 Å². The van der Waals surface area contributed by atoms with Gasteiger partial charge in [-0.15, -0.1) is 0 Å². The summed E-state index contributed by atoms with van der Waals surface area (Å²) in [4.78, 5) is 15.0. The first-order valence-corrected chi connectivity index (χ1v) is 6.66. The molecule has 0 saturated carbocycles. The number of aromatic nitrogens is 2. The largest absolute Gasteiger partial charge is 0.465 e. The van der Waals surface area contributed by atoms with E-state index in [2.05, 4.69) is 40.8 Å². The van der Waals surface area contributed by atoms with Crippen LogP contribution in [0.2, 0.25) is 0 Å². The highest BCUT2D eigenvalue weighted by molar-refractivity contribution is 5.64. The Labute approximate surface area is 118 Å². The molecular formula is C15H19N3O2. The van der Waals surface area contributed by atoms with Crippen molar-refractivity contribution in [2.45, 2.75) is 26.7 Å². The van der Waals surface area contributed by atoms with Gasteiger partial charge in [0.15, 0.2) is 0 Å². The van der Waals surface area contributed by atoms with Gasteiger partial charge in [0, 0.05) is 23.6 Å². The average Bonchev–Trinajstić information content (AvgIpc) is 2.74. The molecule has 0 spiro atoms. The summed E-state index contributed by atoms with van der Waals surface area (Å²) in [5.74, 6) is 0.911. The molecular weight excluding hydrogens is 254 g/mol. The van der Waals surface area contributed by atoms with E-state index in [1.807, 2.05) is 18.2 Å². The lowest BCUT2D eigenvalue weighted by Gasteiger charge is -2.10. The lowest BCUT2D eigenvalue weighted by atomic mass is 10.2. The highest BCUT2D eigenvalue weighted by atomic mass is 16.4. The van der Waals surface area contributed by atoms with Crippen molar-refractivity contribution >= 4 is 6.09 Å². The van der Waals surface area contributed by atoms with E-state index >= 15 is 0 Å². The van der Waals surface area contributed by atoms with Crippen LogP contribution in [0.1, 0.15) is 23.5 Å². The molecule has 0 aromatic carbocycles. The molecule has 0 unspecified atom stereocenters. The third-order valence-corrected chi connectivity index (χ3v) is 3.18. The van der Waals surface area contributed by atoms with Crippen LogP contribution in [0.4, 0.5) is 4.79 Å². The van der Waals surface area contributed by atoms with Gasteiger partial charge in [-0.05, 0) is 51.0 Å². The standard InChI is InChI=1S/C15H19N3O2/c1-11-8-9-12(2)18(11)14-7-3-5-13(17-14)6-4-10-16-15(19)20/h3,5,7-9,16H,4,6,10H2,1-2H3,(H,19,20). The summed E-state index contributed by atoms with van der Waals surface area (Å²) in [6.07, 6.45) is 0.519. The Bertz CT molecular complexity index is 585. The molecule has 0 aliphatic heterocycles. The van der Waals surface area contributed by atoms with E-state index in [9.17, 15) is 4.79 Å². The molecule has 0 radical (unpaired) electrons. The van der Waals surface area contributed by atoms with Crippen LogP contribution in [0, 0.1) is 13.8 Å². The highest BCUT2D eigenvalue weighted by Gasteiger charge is 2.06. The molecule has 0 atom stereocenters. The minimum atomic E-state index is -0.981. The number of hydrogen-bond donors (Lipinski definition) is 2. The van der Waals surface area contributed by atoms with Crippen molar-refractivity contribution in [3.8, 4) is 5.82 Å². The normalized spacial score (nSPS) is 10.5. The van der Waals surface area contributed by atoms with Gasteiger partial charge < -0.3 is 15.0 Å². The second kappa shape index (κ2) is 6.23. The maximum Gasteiger partial charge on any atom is 0.404 e. The number of aryl methyl sites for hydroxylation is 3. The number of pyridine rings is 1. The first kappa shape index (κ1) is 14.1. The highest BCUT2D eigenvalue weighted by Crippen LogP contribution is 2.15. The first-order chi connectivity index (χ1) is 9.58. The molecule has 0 aliphatic rings. The lowest BCUT2D eigenvalue weighted by molar-refractivity contribution is 0.194. The second-order valence-electron chi connectivity index (χ2n) is 4.77. The smallest absolute Gasteiger partial charge is 0.404 e. The summed E-state index contributed by atoms with van der Waals surface area (Å²) in [7, 11) is 0. The zero-order valence-corrected chi connectivity index (χ0v) is 11.8. The molecule has 1 amide bonds. The molecule has 20 heavy (non-hydrogen) atoms. The number of carbonyl (C=O) groups is 1. The maximum atomic E-state index is 10.4. The van der Waals surface area contributed by atoms with Crippen LogP contribution >= 0.6 is 0 Å². The lowest BCUT2D eigenvalue weighted by Crippen LogP contribution is -2.22. The monoisotopic (exact) mass is 273 g/mol. The van der Waals surface area contributed by atoms with E-state index in [0.717, 1.165) is 35.7 Å². The molecule has 2 aromatic heterocycles. The quantitative estimate of drug-likeness (QED) is 0.823. The van der Waals surface area contributed by atoms with Crippen LogP contribution in [0.3, 0.4) is 0 Å². The number of hydrogen-bond acceptors (Lipinski definition) is 2. The van der Waals surface area contributed by atoms with Gasteiger partial charge in [-0.2, -0.15) is 0 Å². The Morgan fingerprint density at radius 1 is 1.25 bits per heavy atom. The van der Waals surface area contributed by atoms with E-state index < -0.39 is 6.09 Å².